The van der Waals surface area contributed by atoms with Crippen molar-refractivity contribution in [1.82, 2.24) is 4.90 Å². The first-order valence-corrected chi connectivity index (χ1v) is 8.42. The SMILES string of the molecule is OC(COc1ccccc1)CN1CCOC(c2cccs2)C1. The highest BCUT2D eigenvalue weighted by Gasteiger charge is 2.24. The van der Waals surface area contributed by atoms with Gasteiger partial charge in [-0.2, -0.15) is 0 Å². The molecule has 3 rings (SSSR count). The second kappa shape index (κ2) is 7.74. The smallest absolute Gasteiger partial charge is 0.119 e. The first-order valence-electron chi connectivity index (χ1n) is 7.54. The Labute approximate surface area is 134 Å². The van der Waals surface area contributed by atoms with Crippen LogP contribution in [0.4, 0.5) is 0 Å². The molecule has 2 atom stereocenters. The molecule has 0 bridgehead atoms. The molecule has 2 unspecified atom stereocenters. The summed E-state index contributed by atoms with van der Waals surface area (Å²) in [6, 6.07) is 13.7. The van der Waals surface area contributed by atoms with E-state index in [1.807, 2.05) is 36.4 Å². The molecule has 2 heterocycles. The number of aliphatic hydroxyl groups is 1. The molecule has 1 aromatic heterocycles. The summed E-state index contributed by atoms with van der Waals surface area (Å²) in [5, 5.41) is 12.2. The summed E-state index contributed by atoms with van der Waals surface area (Å²) < 4.78 is 11.4. The summed E-state index contributed by atoms with van der Waals surface area (Å²) in [4.78, 5) is 3.49. The third-order valence-electron chi connectivity index (χ3n) is 3.67. The lowest BCUT2D eigenvalue weighted by molar-refractivity contribution is -0.0444. The van der Waals surface area contributed by atoms with Gasteiger partial charge in [0.05, 0.1) is 6.61 Å². The Morgan fingerprint density at radius 3 is 2.91 bits per heavy atom. The number of β-amino-alcohol motifs (C(OH)–C–C–N with tert-alkyl or cyclic N) is 1. The summed E-state index contributed by atoms with van der Waals surface area (Å²) in [7, 11) is 0. The molecule has 0 saturated carbocycles. The van der Waals surface area contributed by atoms with Crippen molar-refractivity contribution in [2.24, 2.45) is 0 Å². The average molecular weight is 319 g/mol. The van der Waals surface area contributed by atoms with Crippen molar-refractivity contribution in [1.29, 1.82) is 0 Å². The van der Waals surface area contributed by atoms with Crippen molar-refractivity contribution >= 4 is 11.3 Å². The summed E-state index contributed by atoms with van der Waals surface area (Å²) in [5.41, 5.74) is 0. The van der Waals surface area contributed by atoms with E-state index in [0.29, 0.717) is 19.8 Å². The molecule has 1 aromatic carbocycles. The molecule has 0 spiro atoms. The van der Waals surface area contributed by atoms with Gasteiger partial charge in [-0.1, -0.05) is 24.3 Å². The van der Waals surface area contributed by atoms with Gasteiger partial charge in [-0.15, -0.1) is 11.3 Å². The first-order chi connectivity index (χ1) is 10.8. The Kier molecular flexibility index (Phi) is 5.45. The summed E-state index contributed by atoms with van der Waals surface area (Å²) in [6.45, 7) is 3.30. The Hall–Kier alpha value is -1.40. The fraction of sp³-hybridized carbons (Fsp3) is 0.412. The monoisotopic (exact) mass is 319 g/mol. The van der Waals surface area contributed by atoms with Crippen LogP contribution in [0.15, 0.2) is 47.8 Å². The van der Waals surface area contributed by atoms with E-state index in [0.717, 1.165) is 18.8 Å². The van der Waals surface area contributed by atoms with Gasteiger partial charge >= 0.3 is 0 Å². The highest BCUT2D eigenvalue weighted by Crippen LogP contribution is 2.26. The molecule has 0 aliphatic carbocycles. The Bertz CT molecular complexity index is 546. The van der Waals surface area contributed by atoms with Crippen molar-refractivity contribution in [3.63, 3.8) is 0 Å². The van der Waals surface area contributed by atoms with Crippen molar-refractivity contribution in [3.8, 4) is 5.75 Å². The van der Waals surface area contributed by atoms with E-state index < -0.39 is 6.10 Å². The minimum atomic E-state index is -0.498. The van der Waals surface area contributed by atoms with Crippen LogP contribution in [0.3, 0.4) is 0 Å². The van der Waals surface area contributed by atoms with Crippen LogP contribution in [-0.2, 0) is 4.74 Å². The molecule has 1 fully saturated rings. The molecule has 5 heteroatoms. The maximum absolute atomic E-state index is 10.2. The third-order valence-corrected chi connectivity index (χ3v) is 4.63. The number of rotatable bonds is 6. The number of benzene rings is 1. The molecule has 118 valence electrons. The van der Waals surface area contributed by atoms with Gasteiger partial charge in [0.15, 0.2) is 0 Å². The number of aliphatic hydroxyl groups excluding tert-OH is 1. The summed E-state index contributed by atoms with van der Waals surface area (Å²) in [6.07, 6.45) is -0.377. The first kappa shape index (κ1) is 15.5. The molecule has 0 amide bonds. The molecule has 1 aliphatic rings. The zero-order valence-electron chi connectivity index (χ0n) is 12.4. The van der Waals surface area contributed by atoms with Crippen LogP contribution in [-0.4, -0.2) is 49.0 Å². The minimum absolute atomic E-state index is 0.121. The van der Waals surface area contributed by atoms with Gasteiger partial charge in [0, 0.05) is 24.5 Å². The van der Waals surface area contributed by atoms with E-state index in [9.17, 15) is 5.11 Å². The van der Waals surface area contributed by atoms with E-state index in [2.05, 4.69) is 16.3 Å². The van der Waals surface area contributed by atoms with Crippen molar-refractivity contribution < 1.29 is 14.6 Å². The van der Waals surface area contributed by atoms with Crippen LogP contribution in [0.25, 0.3) is 0 Å². The zero-order chi connectivity index (χ0) is 15.2. The lowest BCUT2D eigenvalue weighted by Gasteiger charge is -2.33. The second-order valence-electron chi connectivity index (χ2n) is 5.41. The van der Waals surface area contributed by atoms with Crippen LogP contribution in [0.1, 0.15) is 11.0 Å². The standard InChI is InChI=1S/C17H21NO3S/c19-14(13-21-15-5-2-1-3-6-15)11-18-8-9-20-16(12-18)17-7-4-10-22-17/h1-7,10,14,16,19H,8-9,11-13H2. The predicted molar refractivity (Wildman–Crippen MR) is 87.4 cm³/mol. The summed E-state index contributed by atoms with van der Waals surface area (Å²) in [5.74, 6) is 0.792. The molecule has 1 saturated heterocycles. The maximum atomic E-state index is 10.2. The average Bonchev–Trinajstić information content (AvgIpc) is 3.09. The number of nitrogens with zero attached hydrogens (tertiary/aromatic N) is 1. The fourth-order valence-corrected chi connectivity index (χ4v) is 3.34. The molecular formula is C17H21NO3S. The topological polar surface area (TPSA) is 41.9 Å². The number of hydrogen-bond donors (Lipinski definition) is 1. The van der Waals surface area contributed by atoms with Gasteiger partial charge in [-0.05, 0) is 23.6 Å². The molecular weight excluding hydrogens is 298 g/mol. The zero-order valence-corrected chi connectivity index (χ0v) is 13.2. The van der Waals surface area contributed by atoms with Crippen molar-refractivity contribution in [2.45, 2.75) is 12.2 Å². The van der Waals surface area contributed by atoms with E-state index in [-0.39, 0.29) is 6.10 Å². The van der Waals surface area contributed by atoms with E-state index in [1.54, 1.807) is 11.3 Å². The van der Waals surface area contributed by atoms with E-state index >= 15 is 0 Å². The molecule has 2 aromatic rings. The van der Waals surface area contributed by atoms with Crippen molar-refractivity contribution in [3.05, 3.63) is 52.7 Å². The summed E-state index contributed by atoms with van der Waals surface area (Å²) >= 11 is 1.72. The van der Waals surface area contributed by atoms with Crippen LogP contribution in [0.5, 0.6) is 5.75 Å². The number of para-hydroxylation sites is 1. The Balaban J connectivity index is 1.45. The number of morpholine rings is 1. The largest absolute Gasteiger partial charge is 0.491 e. The van der Waals surface area contributed by atoms with Crippen LogP contribution >= 0.6 is 11.3 Å². The van der Waals surface area contributed by atoms with E-state index in [1.165, 1.54) is 4.88 Å². The van der Waals surface area contributed by atoms with Gasteiger partial charge < -0.3 is 14.6 Å². The Morgan fingerprint density at radius 1 is 1.27 bits per heavy atom. The van der Waals surface area contributed by atoms with Gasteiger partial charge in [-0.3, -0.25) is 4.90 Å². The fourth-order valence-electron chi connectivity index (χ4n) is 2.57. The molecule has 22 heavy (non-hydrogen) atoms. The highest BCUT2D eigenvalue weighted by molar-refractivity contribution is 7.10. The number of thiophene rings is 1. The maximum Gasteiger partial charge on any atom is 0.119 e. The van der Waals surface area contributed by atoms with Crippen molar-refractivity contribution in [2.75, 3.05) is 32.8 Å². The number of ether oxygens (including phenoxy) is 2. The number of hydrogen-bond acceptors (Lipinski definition) is 5. The molecule has 1 aliphatic heterocycles. The Morgan fingerprint density at radius 2 is 2.14 bits per heavy atom. The van der Waals surface area contributed by atoms with Gasteiger partial charge in [-0.25, -0.2) is 0 Å². The normalized spacial score (nSPS) is 20.7. The van der Waals surface area contributed by atoms with Crippen LogP contribution in [0.2, 0.25) is 0 Å². The third kappa shape index (κ3) is 4.30. The van der Waals surface area contributed by atoms with Gasteiger partial charge in [0.1, 0.15) is 24.6 Å². The lowest BCUT2D eigenvalue weighted by Crippen LogP contribution is -2.43. The van der Waals surface area contributed by atoms with Gasteiger partial charge in [0.25, 0.3) is 0 Å². The van der Waals surface area contributed by atoms with E-state index in [4.69, 9.17) is 9.47 Å². The molecule has 1 N–H and O–H groups in total. The predicted octanol–water partition coefficient (Wildman–Crippen LogP) is 2.56. The molecule has 0 radical (unpaired) electrons. The molecule has 4 nitrogen and oxygen atoms in total. The highest BCUT2D eigenvalue weighted by atomic mass is 32.1. The quantitative estimate of drug-likeness (QED) is 0.888. The minimum Gasteiger partial charge on any atom is -0.491 e. The van der Waals surface area contributed by atoms with Crippen LogP contribution < -0.4 is 4.74 Å². The second-order valence-corrected chi connectivity index (χ2v) is 6.39. The van der Waals surface area contributed by atoms with Gasteiger partial charge in [0.2, 0.25) is 0 Å². The lowest BCUT2D eigenvalue weighted by atomic mass is 10.2. The van der Waals surface area contributed by atoms with Crippen LogP contribution in [0, 0.1) is 0 Å².